The molecule has 0 atom stereocenters. The number of nitrogens with one attached hydrogen (secondary N) is 2. The van der Waals surface area contributed by atoms with E-state index in [1.165, 1.54) is 0 Å². The highest BCUT2D eigenvalue weighted by atomic mass is 32.2. The molecule has 16 heavy (non-hydrogen) atoms. The number of aliphatic imine (C=N–C) groups is 1. The van der Waals surface area contributed by atoms with Crippen molar-refractivity contribution in [2.45, 2.75) is 20.3 Å². The molecule has 5 nitrogen and oxygen atoms in total. The molecule has 0 bridgehead atoms. The van der Waals surface area contributed by atoms with Crippen LogP contribution in [0.15, 0.2) is 9.79 Å². The number of rotatable bonds is 3. The van der Waals surface area contributed by atoms with Gasteiger partial charge in [-0.3, -0.25) is 9.78 Å². The minimum Gasteiger partial charge on any atom is -0.391 e. The Labute approximate surface area is 103 Å². The summed E-state index contributed by atoms with van der Waals surface area (Å²) in [5.74, 6) is 1.31. The van der Waals surface area contributed by atoms with Gasteiger partial charge in [0, 0.05) is 0 Å². The highest BCUT2D eigenvalue weighted by molar-refractivity contribution is 8.13. The van der Waals surface area contributed by atoms with Gasteiger partial charge in [0.1, 0.15) is 5.69 Å². The lowest BCUT2D eigenvalue weighted by atomic mass is 10.5. The largest absolute Gasteiger partial charge is 0.391 e. The fourth-order valence-electron chi connectivity index (χ4n) is 1.01. The number of nitrogen functional groups attached to an aromatic ring is 1. The van der Waals surface area contributed by atoms with E-state index in [0.29, 0.717) is 5.82 Å². The molecule has 0 aliphatic rings. The van der Waals surface area contributed by atoms with E-state index >= 15 is 0 Å². The Morgan fingerprint density at radius 1 is 1.56 bits per heavy atom. The van der Waals surface area contributed by atoms with E-state index in [1.54, 1.807) is 11.8 Å². The zero-order valence-corrected chi connectivity index (χ0v) is 10.8. The first kappa shape index (κ1) is 13.0. The molecule has 0 saturated carbocycles. The Balaban J connectivity index is 3.05. The molecule has 0 aliphatic heterocycles. The summed E-state index contributed by atoms with van der Waals surface area (Å²) in [5.41, 5.74) is 5.24. The molecule has 0 aliphatic carbocycles. The van der Waals surface area contributed by atoms with Gasteiger partial charge in [0.05, 0.1) is 5.04 Å². The number of hydrogen-bond acceptors (Lipinski definition) is 5. The highest BCUT2D eigenvalue weighted by Gasteiger charge is 2.03. The summed E-state index contributed by atoms with van der Waals surface area (Å²) in [7, 11) is 0. The zero-order valence-electron chi connectivity index (χ0n) is 9.16. The Kier molecular flexibility index (Phi) is 4.75. The fourth-order valence-corrected chi connectivity index (χ4v) is 1.86. The van der Waals surface area contributed by atoms with Gasteiger partial charge in [-0.15, -0.1) is 11.8 Å². The standard InChI is InChI=1S/C9H14N4OS2/c1-3-4-16-5(2)11-7-6(10)8(14)13-9(15)12-7/h3-4,10H2,1-2H3,(H2,12,13,14,15). The van der Waals surface area contributed by atoms with E-state index in [2.05, 4.69) is 21.9 Å². The maximum Gasteiger partial charge on any atom is 0.277 e. The first-order valence-electron chi connectivity index (χ1n) is 4.84. The summed E-state index contributed by atoms with van der Waals surface area (Å²) in [6.07, 6.45) is 1.07. The Morgan fingerprint density at radius 3 is 2.88 bits per heavy atom. The van der Waals surface area contributed by atoms with Crippen LogP contribution in [0.25, 0.3) is 0 Å². The van der Waals surface area contributed by atoms with E-state index in [0.717, 1.165) is 17.2 Å². The minimum absolute atomic E-state index is 0.0602. The van der Waals surface area contributed by atoms with E-state index in [-0.39, 0.29) is 10.5 Å². The average Bonchev–Trinajstić information content (AvgIpc) is 2.22. The van der Waals surface area contributed by atoms with Crippen LogP contribution in [0, 0.1) is 4.77 Å². The van der Waals surface area contributed by atoms with Crippen molar-refractivity contribution < 1.29 is 0 Å². The second kappa shape index (κ2) is 5.86. The third-order valence-electron chi connectivity index (χ3n) is 1.74. The molecular weight excluding hydrogens is 244 g/mol. The van der Waals surface area contributed by atoms with Crippen LogP contribution in [0.4, 0.5) is 11.5 Å². The van der Waals surface area contributed by atoms with Gasteiger partial charge in [-0.1, -0.05) is 6.92 Å². The molecule has 0 radical (unpaired) electrons. The molecule has 1 aromatic heterocycles. The number of thioether (sulfide) groups is 1. The van der Waals surface area contributed by atoms with E-state index < -0.39 is 5.56 Å². The Morgan fingerprint density at radius 2 is 2.25 bits per heavy atom. The predicted molar refractivity (Wildman–Crippen MR) is 72.2 cm³/mol. The van der Waals surface area contributed by atoms with Crippen molar-refractivity contribution in [1.29, 1.82) is 0 Å². The number of hydrogen-bond donors (Lipinski definition) is 3. The van der Waals surface area contributed by atoms with Crippen molar-refractivity contribution in [3.8, 4) is 0 Å². The number of anilines is 1. The first-order valence-corrected chi connectivity index (χ1v) is 6.24. The molecule has 1 heterocycles. The third-order valence-corrected chi connectivity index (χ3v) is 3.07. The minimum atomic E-state index is -0.407. The summed E-state index contributed by atoms with van der Waals surface area (Å²) in [5, 5.41) is 0.852. The molecule has 0 saturated heterocycles. The van der Waals surface area contributed by atoms with Crippen molar-refractivity contribution >= 4 is 40.5 Å². The molecule has 0 unspecified atom stereocenters. The van der Waals surface area contributed by atoms with E-state index in [1.807, 2.05) is 6.92 Å². The lowest BCUT2D eigenvalue weighted by molar-refractivity contribution is 1.09. The molecule has 0 spiro atoms. The number of aromatic amines is 2. The van der Waals surface area contributed by atoms with Gasteiger partial charge < -0.3 is 10.7 Å². The lowest BCUT2D eigenvalue weighted by Crippen LogP contribution is -2.13. The number of nitrogens with zero attached hydrogens (tertiary/aromatic N) is 1. The lowest BCUT2D eigenvalue weighted by Gasteiger charge is -2.01. The van der Waals surface area contributed by atoms with Gasteiger partial charge in [-0.2, -0.15) is 0 Å². The van der Waals surface area contributed by atoms with Gasteiger partial charge >= 0.3 is 0 Å². The molecule has 1 aromatic rings. The summed E-state index contributed by atoms with van der Waals surface area (Å²) in [4.78, 5) is 20.7. The molecular formula is C9H14N4OS2. The van der Waals surface area contributed by atoms with Gasteiger partial charge in [-0.25, -0.2) is 4.99 Å². The van der Waals surface area contributed by atoms with Crippen molar-refractivity contribution in [1.82, 2.24) is 9.97 Å². The number of H-pyrrole nitrogens is 2. The maximum atomic E-state index is 11.3. The first-order chi connectivity index (χ1) is 7.54. The van der Waals surface area contributed by atoms with Crippen LogP contribution < -0.4 is 11.3 Å². The molecule has 88 valence electrons. The van der Waals surface area contributed by atoms with Crippen LogP contribution >= 0.6 is 24.0 Å². The third kappa shape index (κ3) is 3.49. The summed E-state index contributed by atoms with van der Waals surface area (Å²) in [6.45, 7) is 3.97. The van der Waals surface area contributed by atoms with Crippen molar-refractivity contribution in [3.63, 3.8) is 0 Å². The monoisotopic (exact) mass is 258 g/mol. The van der Waals surface area contributed by atoms with Gasteiger partial charge in [-0.05, 0) is 31.3 Å². The molecule has 4 N–H and O–H groups in total. The van der Waals surface area contributed by atoms with Crippen molar-refractivity contribution in [3.05, 3.63) is 15.1 Å². The average molecular weight is 258 g/mol. The van der Waals surface area contributed by atoms with Gasteiger partial charge in [0.2, 0.25) is 0 Å². The Hall–Kier alpha value is -1.08. The summed E-state index contributed by atoms with van der Waals surface area (Å²) in [6, 6.07) is 0. The smallest absolute Gasteiger partial charge is 0.277 e. The fraction of sp³-hybridized carbons (Fsp3) is 0.444. The second-order valence-corrected chi connectivity index (χ2v) is 4.85. The molecule has 0 fully saturated rings. The molecule has 0 amide bonds. The van der Waals surface area contributed by atoms with Crippen LogP contribution in [0.5, 0.6) is 0 Å². The number of aromatic nitrogens is 2. The Bertz CT molecular complexity index is 503. The normalized spacial score (nSPS) is 11.8. The van der Waals surface area contributed by atoms with Crippen molar-refractivity contribution in [2.24, 2.45) is 4.99 Å². The van der Waals surface area contributed by atoms with Crippen LogP contribution in [0.1, 0.15) is 20.3 Å². The van der Waals surface area contributed by atoms with Crippen molar-refractivity contribution in [2.75, 3.05) is 11.5 Å². The van der Waals surface area contributed by atoms with E-state index in [4.69, 9.17) is 18.0 Å². The second-order valence-electron chi connectivity index (χ2n) is 3.15. The molecule has 0 aromatic carbocycles. The van der Waals surface area contributed by atoms with Gasteiger partial charge in [0.15, 0.2) is 10.6 Å². The van der Waals surface area contributed by atoms with Gasteiger partial charge in [0.25, 0.3) is 5.56 Å². The highest BCUT2D eigenvalue weighted by Crippen LogP contribution is 2.16. The molecule has 1 rings (SSSR count). The molecule has 7 heteroatoms. The zero-order chi connectivity index (χ0) is 12.1. The SMILES string of the molecule is CCCSC(C)=Nc1[nH]c(=S)[nH]c(=O)c1N. The summed E-state index contributed by atoms with van der Waals surface area (Å²) < 4.78 is 0.228. The maximum absolute atomic E-state index is 11.3. The van der Waals surface area contributed by atoms with Crippen LogP contribution in [-0.2, 0) is 0 Å². The predicted octanol–water partition coefficient (Wildman–Crippen LogP) is 2.21. The topological polar surface area (TPSA) is 87.0 Å². The van der Waals surface area contributed by atoms with E-state index in [9.17, 15) is 4.79 Å². The quantitative estimate of drug-likeness (QED) is 0.440. The van der Waals surface area contributed by atoms with Crippen LogP contribution in [-0.4, -0.2) is 20.8 Å². The van der Waals surface area contributed by atoms with Crippen LogP contribution in [0.2, 0.25) is 0 Å². The number of nitrogens with two attached hydrogens (primary N) is 1. The summed E-state index contributed by atoms with van der Waals surface area (Å²) >= 11 is 6.46. The van der Waals surface area contributed by atoms with Crippen LogP contribution in [0.3, 0.4) is 0 Å².